The van der Waals surface area contributed by atoms with E-state index in [0.717, 1.165) is 23.1 Å². The summed E-state index contributed by atoms with van der Waals surface area (Å²) in [4.78, 5) is 9.21. The molecule has 2 aromatic heterocycles. The molecule has 0 spiro atoms. The van der Waals surface area contributed by atoms with Gasteiger partial charge in [0.2, 0.25) is 5.95 Å². The summed E-state index contributed by atoms with van der Waals surface area (Å²) in [5, 5.41) is 16.2. The molecule has 6 heteroatoms. The van der Waals surface area contributed by atoms with Crippen molar-refractivity contribution >= 4 is 33.3 Å². The first kappa shape index (κ1) is 13.0. The highest BCUT2D eigenvalue weighted by atomic mass is 32.1. The van der Waals surface area contributed by atoms with Crippen molar-refractivity contribution in [1.29, 1.82) is 0 Å². The fourth-order valence-corrected chi connectivity index (χ4v) is 2.68. The molecule has 0 radical (unpaired) electrons. The fraction of sp³-hybridized carbons (Fsp3) is 0.500. The summed E-state index contributed by atoms with van der Waals surface area (Å²) in [7, 11) is 0. The Labute approximate surface area is 110 Å². The van der Waals surface area contributed by atoms with E-state index in [2.05, 4.69) is 15.3 Å². The summed E-state index contributed by atoms with van der Waals surface area (Å²) >= 11 is 1.53. The minimum Gasteiger partial charge on any atom is -0.388 e. The van der Waals surface area contributed by atoms with Gasteiger partial charge in [-0.15, -0.1) is 11.3 Å². The van der Waals surface area contributed by atoms with Crippen molar-refractivity contribution in [3.8, 4) is 0 Å². The molecule has 4 N–H and O–H groups in total. The topological polar surface area (TPSA) is 84.1 Å². The lowest BCUT2D eigenvalue weighted by Crippen LogP contribution is -2.33. The predicted octanol–water partition coefficient (Wildman–Crippen LogP) is 2.24. The number of nitrogens with one attached hydrogen (secondary N) is 1. The SMILES string of the molecule is CCCC(C)(O)CNc1nc(N)nc2sccc12. The van der Waals surface area contributed by atoms with Crippen molar-refractivity contribution < 1.29 is 5.11 Å². The molecule has 0 saturated heterocycles. The highest BCUT2D eigenvalue weighted by Crippen LogP contribution is 2.26. The summed E-state index contributed by atoms with van der Waals surface area (Å²) in [6.07, 6.45) is 1.68. The van der Waals surface area contributed by atoms with Gasteiger partial charge in [0.25, 0.3) is 0 Å². The van der Waals surface area contributed by atoms with Gasteiger partial charge in [-0.25, -0.2) is 4.98 Å². The third kappa shape index (κ3) is 2.88. The second-order valence-electron chi connectivity index (χ2n) is 4.67. The Morgan fingerprint density at radius 1 is 1.50 bits per heavy atom. The lowest BCUT2D eigenvalue weighted by atomic mass is 10.0. The molecule has 1 unspecified atom stereocenters. The van der Waals surface area contributed by atoms with Crippen molar-refractivity contribution in [2.24, 2.45) is 0 Å². The fourth-order valence-electron chi connectivity index (χ4n) is 1.91. The molecule has 0 bridgehead atoms. The van der Waals surface area contributed by atoms with Crippen LogP contribution in [-0.4, -0.2) is 27.2 Å². The van der Waals surface area contributed by atoms with Crippen LogP contribution in [0.1, 0.15) is 26.7 Å². The van der Waals surface area contributed by atoms with Gasteiger partial charge < -0.3 is 16.2 Å². The van der Waals surface area contributed by atoms with Crippen LogP contribution in [0.25, 0.3) is 10.2 Å². The van der Waals surface area contributed by atoms with Crippen LogP contribution in [0, 0.1) is 0 Å². The van der Waals surface area contributed by atoms with Gasteiger partial charge in [-0.1, -0.05) is 13.3 Å². The van der Waals surface area contributed by atoms with Gasteiger partial charge in [0, 0.05) is 6.54 Å². The van der Waals surface area contributed by atoms with Crippen molar-refractivity contribution in [2.45, 2.75) is 32.3 Å². The molecule has 2 aromatic rings. The number of rotatable bonds is 5. The monoisotopic (exact) mass is 266 g/mol. The normalized spacial score (nSPS) is 14.6. The lowest BCUT2D eigenvalue weighted by Gasteiger charge is -2.23. The van der Waals surface area contributed by atoms with Crippen LogP contribution >= 0.6 is 11.3 Å². The Hall–Kier alpha value is -1.40. The molecular formula is C12H18N4OS. The quantitative estimate of drug-likeness (QED) is 0.773. The maximum absolute atomic E-state index is 10.1. The van der Waals surface area contributed by atoms with E-state index in [9.17, 15) is 5.11 Å². The van der Waals surface area contributed by atoms with E-state index in [4.69, 9.17) is 5.73 Å². The molecular weight excluding hydrogens is 248 g/mol. The van der Waals surface area contributed by atoms with Crippen LogP contribution in [0.4, 0.5) is 11.8 Å². The van der Waals surface area contributed by atoms with E-state index in [-0.39, 0.29) is 5.95 Å². The molecule has 0 saturated carbocycles. The number of aromatic nitrogens is 2. The van der Waals surface area contributed by atoms with Crippen LogP contribution in [0.5, 0.6) is 0 Å². The molecule has 98 valence electrons. The summed E-state index contributed by atoms with van der Waals surface area (Å²) in [5.74, 6) is 0.942. The Kier molecular flexibility index (Phi) is 3.68. The molecule has 2 heterocycles. The average Bonchev–Trinajstić information content (AvgIpc) is 2.73. The van der Waals surface area contributed by atoms with E-state index in [0.29, 0.717) is 12.4 Å². The molecule has 1 atom stereocenters. The number of aliphatic hydroxyl groups is 1. The van der Waals surface area contributed by atoms with Gasteiger partial charge in [-0.2, -0.15) is 4.98 Å². The molecule has 0 fully saturated rings. The first-order chi connectivity index (χ1) is 8.52. The Bertz CT molecular complexity index is 538. The molecule has 0 amide bonds. The molecule has 5 nitrogen and oxygen atoms in total. The molecule has 0 aliphatic heterocycles. The maximum atomic E-state index is 10.1. The van der Waals surface area contributed by atoms with Gasteiger partial charge in [0.05, 0.1) is 11.0 Å². The predicted molar refractivity (Wildman–Crippen MR) is 75.8 cm³/mol. The van der Waals surface area contributed by atoms with Gasteiger partial charge in [0.15, 0.2) is 0 Å². The van der Waals surface area contributed by atoms with Crippen LogP contribution < -0.4 is 11.1 Å². The zero-order valence-corrected chi connectivity index (χ0v) is 11.4. The minimum atomic E-state index is -0.739. The number of nitrogens with zero attached hydrogens (tertiary/aromatic N) is 2. The molecule has 0 aromatic carbocycles. The van der Waals surface area contributed by atoms with E-state index in [1.54, 1.807) is 0 Å². The van der Waals surface area contributed by atoms with Gasteiger partial charge >= 0.3 is 0 Å². The number of thiophene rings is 1. The molecule has 2 rings (SSSR count). The second-order valence-corrected chi connectivity index (χ2v) is 5.56. The van der Waals surface area contributed by atoms with E-state index in [1.165, 1.54) is 11.3 Å². The number of nitrogens with two attached hydrogens (primary N) is 1. The highest BCUT2D eigenvalue weighted by Gasteiger charge is 2.19. The van der Waals surface area contributed by atoms with E-state index >= 15 is 0 Å². The van der Waals surface area contributed by atoms with Crippen LogP contribution in [0.15, 0.2) is 11.4 Å². The van der Waals surface area contributed by atoms with Crippen LogP contribution in [0.2, 0.25) is 0 Å². The Balaban J connectivity index is 2.19. The zero-order valence-electron chi connectivity index (χ0n) is 10.6. The van der Waals surface area contributed by atoms with E-state index < -0.39 is 5.60 Å². The minimum absolute atomic E-state index is 0.252. The summed E-state index contributed by atoms with van der Waals surface area (Å²) in [6, 6.07) is 1.95. The summed E-state index contributed by atoms with van der Waals surface area (Å²) in [6.45, 7) is 4.31. The van der Waals surface area contributed by atoms with Crippen molar-refractivity contribution in [2.75, 3.05) is 17.6 Å². The number of fused-ring (bicyclic) bond motifs is 1. The van der Waals surface area contributed by atoms with Crippen molar-refractivity contribution in [3.63, 3.8) is 0 Å². The highest BCUT2D eigenvalue weighted by molar-refractivity contribution is 7.16. The summed E-state index contributed by atoms with van der Waals surface area (Å²) in [5.41, 5.74) is 4.92. The van der Waals surface area contributed by atoms with Gasteiger partial charge in [-0.05, 0) is 24.8 Å². The molecule has 18 heavy (non-hydrogen) atoms. The zero-order chi connectivity index (χ0) is 13.2. The first-order valence-corrected chi connectivity index (χ1v) is 6.87. The van der Waals surface area contributed by atoms with Crippen LogP contribution in [-0.2, 0) is 0 Å². The van der Waals surface area contributed by atoms with Crippen molar-refractivity contribution in [3.05, 3.63) is 11.4 Å². The molecule has 0 aliphatic carbocycles. The standard InChI is InChI=1S/C12H18N4OS/c1-3-5-12(2,17)7-14-9-8-4-6-18-10(8)16-11(13)15-9/h4,6,17H,3,5,7H2,1-2H3,(H3,13,14,15,16). The van der Waals surface area contributed by atoms with Gasteiger partial charge in [0.1, 0.15) is 10.6 Å². The number of nitrogen functional groups attached to an aromatic ring is 1. The number of hydrogen-bond donors (Lipinski definition) is 3. The summed E-state index contributed by atoms with van der Waals surface area (Å²) < 4.78 is 0. The smallest absolute Gasteiger partial charge is 0.223 e. The average molecular weight is 266 g/mol. The Morgan fingerprint density at radius 3 is 3.00 bits per heavy atom. The van der Waals surface area contributed by atoms with E-state index in [1.807, 2.05) is 25.3 Å². The molecule has 0 aliphatic rings. The largest absolute Gasteiger partial charge is 0.388 e. The first-order valence-electron chi connectivity index (χ1n) is 5.99. The van der Waals surface area contributed by atoms with Gasteiger partial charge in [-0.3, -0.25) is 0 Å². The van der Waals surface area contributed by atoms with Crippen molar-refractivity contribution in [1.82, 2.24) is 9.97 Å². The maximum Gasteiger partial charge on any atom is 0.223 e. The third-order valence-corrected chi connectivity index (χ3v) is 3.57. The number of hydrogen-bond acceptors (Lipinski definition) is 6. The van der Waals surface area contributed by atoms with Crippen LogP contribution in [0.3, 0.4) is 0 Å². The second kappa shape index (κ2) is 5.07. The Morgan fingerprint density at radius 2 is 2.28 bits per heavy atom. The lowest BCUT2D eigenvalue weighted by molar-refractivity contribution is 0.0636. The third-order valence-electron chi connectivity index (χ3n) is 2.77. The number of anilines is 2.